The first-order valence-corrected chi connectivity index (χ1v) is 13.4. The van der Waals surface area contributed by atoms with Crippen molar-refractivity contribution in [3.05, 3.63) is 83.9 Å². The fourth-order valence-corrected chi connectivity index (χ4v) is 5.96. The maximum Gasteiger partial charge on any atom is 0.243 e. The van der Waals surface area contributed by atoms with Crippen molar-refractivity contribution in [2.45, 2.75) is 50.0 Å². The molecule has 0 radical (unpaired) electrons. The van der Waals surface area contributed by atoms with Crippen LogP contribution in [0.4, 0.5) is 0 Å². The van der Waals surface area contributed by atoms with Crippen LogP contribution in [0.1, 0.15) is 56.6 Å². The molecule has 0 spiro atoms. The van der Waals surface area contributed by atoms with Gasteiger partial charge in [-0.15, -0.1) is 0 Å². The fraction of sp³-hybridized carbons (Fsp3) is 0.407. The predicted molar refractivity (Wildman–Crippen MR) is 136 cm³/mol. The van der Waals surface area contributed by atoms with Gasteiger partial charge in [-0.3, -0.25) is 4.79 Å². The molecule has 186 valence electrons. The van der Waals surface area contributed by atoms with Crippen LogP contribution in [0.3, 0.4) is 0 Å². The molecule has 4 rings (SSSR count). The third-order valence-corrected chi connectivity index (χ3v) is 8.63. The summed E-state index contributed by atoms with van der Waals surface area (Å²) in [5, 5.41) is 3.16. The lowest BCUT2D eigenvalue weighted by atomic mass is 9.87. The van der Waals surface area contributed by atoms with Crippen LogP contribution in [-0.4, -0.2) is 41.3 Å². The number of nitrogens with one attached hydrogen (secondary N) is 1. The highest BCUT2D eigenvalue weighted by atomic mass is 32.2. The normalized spacial score (nSPS) is 16.7. The van der Waals surface area contributed by atoms with Gasteiger partial charge in [0.2, 0.25) is 15.9 Å². The highest BCUT2D eigenvalue weighted by molar-refractivity contribution is 7.89. The molecule has 35 heavy (non-hydrogen) atoms. The molecule has 1 aliphatic heterocycles. The summed E-state index contributed by atoms with van der Waals surface area (Å²) in [6, 6.07) is 16.5. The lowest BCUT2D eigenvalue weighted by molar-refractivity contribution is -0.126. The minimum absolute atomic E-state index is 0.0411. The van der Waals surface area contributed by atoms with Crippen molar-refractivity contribution in [2.24, 2.45) is 13.0 Å². The van der Waals surface area contributed by atoms with E-state index in [1.54, 1.807) is 18.3 Å². The predicted octanol–water partition coefficient (Wildman–Crippen LogP) is 4.02. The molecule has 3 aromatic rings. The molecule has 7 nitrogen and oxygen atoms in total. The van der Waals surface area contributed by atoms with Gasteiger partial charge in [0.15, 0.2) is 0 Å². The Morgan fingerprint density at radius 3 is 2.20 bits per heavy atom. The number of carbonyl (C=O) groups is 1. The Hall–Kier alpha value is -2.97. The second-order valence-electron chi connectivity index (χ2n) is 10.2. The highest BCUT2D eigenvalue weighted by Gasteiger charge is 2.33. The van der Waals surface area contributed by atoms with E-state index in [2.05, 4.69) is 31.1 Å². The molecular formula is C27H34N4O3S. The number of piperidine rings is 1. The van der Waals surface area contributed by atoms with Crippen LogP contribution in [0.5, 0.6) is 0 Å². The first-order valence-electron chi connectivity index (χ1n) is 12.0. The first-order chi connectivity index (χ1) is 16.6. The molecule has 2 aromatic carbocycles. The summed E-state index contributed by atoms with van der Waals surface area (Å²) in [6.07, 6.45) is 4.53. The van der Waals surface area contributed by atoms with Crippen LogP contribution in [0, 0.1) is 5.92 Å². The van der Waals surface area contributed by atoms with Crippen molar-refractivity contribution >= 4 is 15.9 Å². The number of benzene rings is 2. The third kappa shape index (κ3) is 5.49. The van der Waals surface area contributed by atoms with Gasteiger partial charge in [-0.05, 0) is 41.5 Å². The van der Waals surface area contributed by atoms with E-state index >= 15 is 0 Å². The zero-order valence-corrected chi connectivity index (χ0v) is 21.6. The van der Waals surface area contributed by atoms with E-state index < -0.39 is 10.0 Å². The topological polar surface area (TPSA) is 84.3 Å². The highest BCUT2D eigenvalue weighted by Crippen LogP contribution is 2.28. The van der Waals surface area contributed by atoms with Gasteiger partial charge in [-0.2, -0.15) is 4.31 Å². The van der Waals surface area contributed by atoms with Crippen LogP contribution in [-0.2, 0) is 27.3 Å². The minimum Gasteiger partial charge on any atom is -0.342 e. The van der Waals surface area contributed by atoms with Crippen molar-refractivity contribution in [3.63, 3.8) is 0 Å². The molecule has 2 heterocycles. The number of amides is 1. The molecule has 1 atom stereocenters. The van der Waals surface area contributed by atoms with Gasteiger partial charge in [-0.1, -0.05) is 63.2 Å². The van der Waals surface area contributed by atoms with Gasteiger partial charge in [0.1, 0.15) is 11.9 Å². The molecule has 0 bridgehead atoms. The molecule has 1 saturated heterocycles. The second-order valence-corrected chi connectivity index (χ2v) is 12.1. The average Bonchev–Trinajstić information content (AvgIpc) is 3.28. The molecule has 1 aliphatic rings. The maximum atomic E-state index is 13.2. The molecule has 1 fully saturated rings. The summed E-state index contributed by atoms with van der Waals surface area (Å²) < 4.78 is 29.8. The van der Waals surface area contributed by atoms with Crippen LogP contribution in [0.25, 0.3) is 0 Å². The molecule has 1 aromatic heterocycles. The number of rotatable bonds is 6. The van der Waals surface area contributed by atoms with Crippen LogP contribution < -0.4 is 5.32 Å². The van der Waals surface area contributed by atoms with Crippen molar-refractivity contribution < 1.29 is 13.2 Å². The molecule has 1 amide bonds. The Morgan fingerprint density at radius 1 is 1.03 bits per heavy atom. The minimum atomic E-state index is -3.59. The third-order valence-electron chi connectivity index (χ3n) is 6.72. The van der Waals surface area contributed by atoms with Crippen molar-refractivity contribution in [2.75, 3.05) is 13.1 Å². The summed E-state index contributed by atoms with van der Waals surface area (Å²) in [5.74, 6) is 0.424. The number of carbonyl (C=O) groups excluding carboxylic acids is 1. The number of aryl methyl sites for hydroxylation is 1. The van der Waals surface area contributed by atoms with E-state index in [0.717, 1.165) is 17.0 Å². The summed E-state index contributed by atoms with van der Waals surface area (Å²) in [7, 11) is -1.69. The van der Waals surface area contributed by atoms with Gasteiger partial charge >= 0.3 is 0 Å². The molecule has 1 unspecified atom stereocenters. The van der Waals surface area contributed by atoms with Crippen molar-refractivity contribution in [1.82, 2.24) is 19.2 Å². The second kappa shape index (κ2) is 9.95. The van der Waals surface area contributed by atoms with E-state index in [1.807, 2.05) is 60.3 Å². The summed E-state index contributed by atoms with van der Waals surface area (Å²) in [6.45, 7) is 6.94. The number of aromatic nitrogens is 2. The van der Waals surface area contributed by atoms with E-state index in [1.165, 1.54) is 4.31 Å². The molecule has 1 N–H and O–H groups in total. The largest absolute Gasteiger partial charge is 0.342 e. The van der Waals surface area contributed by atoms with E-state index in [-0.39, 0.29) is 23.3 Å². The smallest absolute Gasteiger partial charge is 0.243 e. The van der Waals surface area contributed by atoms with Gasteiger partial charge in [0.25, 0.3) is 0 Å². The summed E-state index contributed by atoms with van der Waals surface area (Å²) >= 11 is 0. The van der Waals surface area contributed by atoms with Gasteiger partial charge in [0.05, 0.1) is 4.90 Å². The Bertz CT molecular complexity index is 1250. The maximum absolute atomic E-state index is 13.2. The number of hydrogen-bond acceptors (Lipinski definition) is 4. The van der Waals surface area contributed by atoms with Crippen LogP contribution >= 0.6 is 0 Å². The number of imidazole rings is 1. The fourth-order valence-electron chi connectivity index (χ4n) is 4.49. The van der Waals surface area contributed by atoms with E-state index in [9.17, 15) is 13.2 Å². The monoisotopic (exact) mass is 494 g/mol. The molecule has 8 heteroatoms. The van der Waals surface area contributed by atoms with Gasteiger partial charge in [0, 0.05) is 38.4 Å². The zero-order valence-electron chi connectivity index (χ0n) is 20.8. The summed E-state index contributed by atoms with van der Waals surface area (Å²) in [4.78, 5) is 18.0. The number of hydrogen-bond donors (Lipinski definition) is 1. The van der Waals surface area contributed by atoms with Gasteiger partial charge < -0.3 is 9.88 Å². The Kier molecular flexibility index (Phi) is 7.15. The van der Waals surface area contributed by atoms with Crippen molar-refractivity contribution in [3.8, 4) is 0 Å². The van der Waals surface area contributed by atoms with E-state index in [0.29, 0.717) is 30.8 Å². The zero-order chi connectivity index (χ0) is 25.2. The number of sulfonamides is 1. The Balaban J connectivity index is 1.43. The molecule has 0 saturated carbocycles. The quantitative estimate of drug-likeness (QED) is 0.561. The SMILES string of the molecule is Cn1ccnc1C(NC(=O)C1CCN(S(=O)(=O)c2ccc(C(C)(C)C)cc2)CC1)c1ccccc1. The lowest BCUT2D eigenvalue weighted by Crippen LogP contribution is -2.44. The first kappa shape index (κ1) is 25.1. The Morgan fingerprint density at radius 2 is 1.66 bits per heavy atom. The molecule has 0 aliphatic carbocycles. The summed E-state index contributed by atoms with van der Waals surface area (Å²) in [5.41, 5.74) is 2.00. The van der Waals surface area contributed by atoms with E-state index in [4.69, 9.17) is 0 Å². The molecular weight excluding hydrogens is 460 g/mol. The lowest BCUT2D eigenvalue weighted by Gasteiger charge is -2.31. The van der Waals surface area contributed by atoms with Gasteiger partial charge in [-0.25, -0.2) is 13.4 Å². The number of nitrogens with zero attached hydrogens (tertiary/aromatic N) is 3. The standard InChI is InChI=1S/C27H34N4O3S/c1-27(2,3)22-10-12-23(13-11-22)35(33,34)31-17-14-21(15-18-31)26(32)29-24(20-8-6-5-7-9-20)25-28-16-19-30(25)4/h5-13,16,19,21,24H,14-15,17-18H2,1-4H3,(H,29,32). The van der Waals surface area contributed by atoms with Crippen molar-refractivity contribution in [1.29, 1.82) is 0 Å². The van der Waals surface area contributed by atoms with Crippen LogP contribution in [0.15, 0.2) is 71.9 Å². The van der Waals surface area contributed by atoms with Crippen LogP contribution in [0.2, 0.25) is 0 Å². The Labute approximate surface area is 208 Å². The average molecular weight is 495 g/mol.